The van der Waals surface area contributed by atoms with Crippen molar-refractivity contribution in [1.29, 1.82) is 0 Å². The van der Waals surface area contributed by atoms with Gasteiger partial charge >= 0.3 is 0 Å². The van der Waals surface area contributed by atoms with E-state index in [1.807, 2.05) is 30.3 Å². The normalized spacial score (nSPS) is 15.7. The molecule has 1 amide bonds. The van der Waals surface area contributed by atoms with Crippen molar-refractivity contribution >= 4 is 23.0 Å². The molecule has 0 saturated carbocycles. The molecule has 1 aromatic heterocycles. The molecule has 5 nitrogen and oxygen atoms in total. The maximum absolute atomic E-state index is 12.5. The predicted molar refractivity (Wildman–Crippen MR) is 127 cm³/mol. The number of methoxy groups -OCH3 is 1. The van der Waals surface area contributed by atoms with Crippen LogP contribution in [0.2, 0.25) is 0 Å². The Balaban J connectivity index is 1.33. The smallest absolute Gasteiger partial charge is 0.287 e. The second-order valence-corrected chi connectivity index (χ2v) is 8.89. The van der Waals surface area contributed by atoms with Crippen LogP contribution in [0.5, 0.6) is 5.75 Å². The van der Waals surface area contributed by atoms with Gasteiger partial charge < -0.3 is 10.1 Å². The molecule has 0 saturated heterocycles. The third-order valence-electron chi connectivity index (χ3n) is 5.93. The number of amides is 1. The number of rotatable bonds is 9. The van der Waals surface area contributed by atoms with Gasteiger partial charge in [0.1, 0.15) is 5.75 Å². The van der Waals surface area contributed by atoms with Crippen LogP contribution >= 0.6 is 11.3 Å². The predicted octanol–water partition coefficient (Wildman–Crippen LogP) is 4.02. The van der Waals surface area contributed by atoms with Gasteiger partial charge in [0.05, 0.1) is 13.2 Å². The minimum atomic E-state index is -0.510. The molecular weight excluding hydrogens is 420 g/mol. The summed E-state index contributed by atoms with van der Waals surface area (Å²) in [6.07, 6.45) is 1.81. The third kappa shape index (κ3) is 5.09. The van der Waals surface area contributed by atoms with E-state index in [1.54, 1.807) is 18.4 Å². The van der Waals surface area contributed by atoms with E-state index < -0.39 is 5.91 Å². The van der Waals surface area contributed by atoms with Crippen LogP contribution < -0.4 is 10.1 Å². The van der Waals surface area contributed by atoms with Crippen molar-refractivity contribution in [3.8, 4) is 5.75 Å². The number of ketones is 1. The van der Waals surface area contributed by atoms with Crippen LogP contribution in [0, 0.1) is 0 Å². The van der Waals surface area contributed by atoms with Gasteiger partial charge in [0.2, 0.25) is 5.78 Å². The summed E-state index contributed by atoms with van der Waals surface area (Å²) in [4.78, 5) is 28.6. The van der Waals surface area contributed by atoms with Crippen molar-refractivity contribution in [2.45, 2.75) is 25.3 Å². The van der Waals surface area contributed by atoms with Gasteiger partial charge in [-0.25, -0.2) is 0 Å². The van der Waals surface area contributed by atoms with Gasteiger partial charge in [-0.1, -0.05) is 48.5 Å². The Morgan fingerprint density at radius 1 is 1.09 bits per heavy atom. The van der Waals surface area contributed by atoms with Crippen LogP contribution in [0.15, 0.2) is 66.0 Å². The lowest BCUT2D eigenvalue weighted by molar-refractivity contribution is -0.138. The molecule has 2 heterocycles. The second kappa shape index (κ2) is 10.6. The number of para-hydroxylation sites is 1. The summed E-state index contributed by atoms with van der Waals surface area (Å²) < 4.78 is 5.34. The number of nitrogens with one attached hydrogen (secondary N) is 1. The van der Waals surface area contributed by atoms with E-state index in [9.17, 15) is 9.59 Å². The lowest BCUT2D eigenvalue weighted by Crippen LogP contribution is -2.39. The Labute approximate surface area is 193 Å². The number of hydrogen-bond donors (Lipinski definition) is 1. The number of hydrogen-bond acceptors (Lipinski definition) is 5. The number of thiophene rings is 1. The van der Waals surface area contributed by atoms with Crippen molar-refractivity contribution in [1.82, 2.24) is 10.2 Å². The number of fused-ring (bicyclic) bond motifs is 1. The summed E-state index contributed by atoms with van der Waals surface area (Å²) in [7, 11) is 1.63. The van der Waals surface area contributed by atoms with Crippen LogP contribution in [-0.2, 0) is 22.4 Å². The molecule has 2 aromatic carbocycles. The Morgan fingerprint density at radius 3 is 2.69 bits per heavy atom. The molecule has 1 atom stereocenters. The molecule has 1 aliphatic rings. The van der Waals surface area contributed by atoms with Gasteiger partial charge in [0, 0.05) is 30.9 Å². The number of benzene rings is 2. The van der Waals surface area contributed by atoms with Gasteiger partial charge in [-0.05, 0) is 47.0 Å². The molecule has 1 aliphatic heterocycles. The van der Waals surface area contributed by atoms with Crippen molar-refractivity contribution < 1.29 is 14.3 Å². The van der Waals surface area contributed by atoms with Gasteiger partial charge in [-0.2, -0.15) is 0 Å². The Morgan fingerprint density at radius 2 is 1.88 bits per heavy atom. The summed E-state index contributed by atoms with van der Waals surface area (Å²) in [5, 5.41) is 4.91. The first-order valence-corrected chi connectivity index (χ1v) is 11.8. The Kier molecular flexibility index (Phi) is 7.35. The summed E-state index contributed by atoms with van der Waals surface area (Å²) >= 11 is 1.80. The van der Waals surface area contributed by atoms with E-state index in [2.05, 4.69) is 45.9 Å². The third-order valence-corrected chi connectivity index (χ3v) is 6.93. The van der Waals surface area contributed by atoms with E-state index in [0.717, 1.165) is 24.3 Å². The van der Waals surface area contributed by atoms with Crippen molar-refractivity contribution in [3.63, 3.8) is 0 Å². The fourth-order valence-electron chi connectivity index (χ4n) is 4.31. The first-order valence-electron chi connectivity index (χ1n) is 11.0. The highest BCUT2D eigenvalue weighted by atomic mass is 32.1. The number of Topliss-reactive ketones (excluding diaryl/α,β-unsaturated/α-hetero) is 1. The number of carbonyl (C=O) groups is 2. The van der Waals surface area contributed by atoms with E-state index >= 15 is 0 Å². The Hall–Kier alpha value is -2.96. The molecule has 3 aromatic rings. The fourth-order valence-corrected chi connectivity index (χ4v) is 5.22. The van der Waals surface area contributed by atoms with E-state index in [4.69, 9.17) is 4.74 Å². The largest absolute Gasteiger partial charge is 0.496 e. The first-order chi connectivity index (χ1) is 15.7. The number of carbonyl (C=O) groups excluding carboxylic acids is 2. The highest BCUT2D eigenvalue weighted by Crippen LogP contribution is 2.37. The maximum Gasteiger partial charge on any atom is 0.287 e. The van der Waals surface area contributed by atoms with Crippen LogP contribution in [0.1, 0.15) is 34.0 Å². The van der Waals surface area contributed by atoms with Crippen LogP contribution in [0.3, 0.4) is 0 Å². The van der Waals surface area contributed by atoms with Gasteiger partial charge in [-0.3, -0.25) is 14.5 Å². The fraction of sp³-hybridized carbons (Fsp3) is 0.308. The SMILES string of the molecule is COc1ccccc1CCNC(=O)C(=O)CCN1CCc2sccc2C1c1ccccc1. The molecule has 0 aliphatic carbocycles. The lowest BCUT2D eigenvalue weighted by Gasteiger charge is -2.36. The molecule has 1 unspecified atom stereocenters. The quantitative estimate of drug-likeness (QED) is 0.503. The van der Waals surface area contributed by atoms with Gasteiger partial charge in [-0.15, -0.1) is 11.3 Å². The highest BCUT2D eigenvalue weighted by Gasteiger charge is 2.30. The summed E-state index contributed by atoms with van der Waals surface area (Å²) in [6, 6.07) is 20.4. The Bertz CT molecular complexity index is 1060. The number of nitrogens with zero attached hydrogens (tertiary/aromatic N) is 1. The summed E-state index contributed by atoms with van der Waals surface area (Å²) in [5.74, 6) is -0.0877. The monoisotopic (exact) mass is 448 g/mol. The zero-order valence-electron chi connectivity index (χ0n) is 18.3. The van der Waals surface area contributed by atoms with Crippen LogP contribution in [-0.4, -0.2) is 43.3 Å². The molecule has 0 fully saturated rings. The average molecular weight is 449 g/mol. The maximum atomic E-state index is 12.5. The van der Waals surface area contributed by atoms with Gasteiger partial charge in [0.25, 0.3) is 5.91 Å². The summed E-state index contributed by atoms with van der Waals surface area (Å²) in [6.45, 7) is 1.85. The molecular formula is C26H28N2O3S. The number of ether oxygens (including phenoxy) is 1. The molecule has 0 radical (unpaired) electrons. The zero-order chi connectivity index (χ0) is 22.3. The van der Waals surface area contributed by atoms with E-state index in [1.165, 1.54) is 16.0 Å². The molecule has 166 valence electrons. The van der Waals surface area contributed by atoms with E-state index in [0.29, 0.717) is 19.5 Å². The topological polar surface area (TPSA) is 58.6 Å². The standard InChI is InChI=1S/C26H28N2O3S/c1-31-23-10-6-5-7-19(23)11-15-27-26(30)22(29)12-16-28-17-13-24-21(14-18-32-24)25(28)20-8-3-2-4-9-20/h2-10,14,18,25H,11-13,15-17H2,1H3,(H,27,30). The van der Waals surface area contributed by atoms with Crippen molar-refractivity contribution in [2.24, 2.45) is 0 Å². The average Bonchev–Trinajstić information content (AvgIpc) is 3.31. The van der Waals surface area contributed by atoms with Crippen molar-refractivity contribution in [3.05, 3.63) is 87.6 Å². The van der Waals surface area contributed by atoms with Crippen LogP contribution in [0.4, 0.5) is 0 Å². The molecule has 0 bridgehead atoms. The molecule has 0 spiro atoms. The zero-order valence-corrected chi connectivity index (χ0v) is 19.1. The first kappa shape index (κ1) is 22.2. The minimum absolute atomic E-state index is 0.132. The minimum Gasteiger partial charge on any atom is -0.496 e. The molecule has 6 heteroatoms. The summed E-state index contributed by atoms with van der Waals surface area (Å²) in [5.41, 5.74) is 3.55. The van der Waals surface area contributed by atoms with Crippen LogP contribution in [0.25, 0.3) is 0 Å². The molecule has 32 heavy (non-hydrogen) atoms. The lowest BCUT2D eigenvalue weighted by atomic mass is 9.93. The van der Waals surface area contributed by atoms with E-state index in [-0.39, 0.29) is 18.2 Å². The molecule has 4 rings (SSSR count). The van der Waals surface area contributed by atoms with Gasteiger partial charge in [0.15, 0.2) is 0 Å². The van der Waals surface area contributed by atoms with Crippen molar-refractivity contribution in [2.75, 3.05) is 26.7 Å². The second-order valence-electron chi connectivity index (χ2n) is 7.89. The highest BCUT2D eigenvalue weighted by molar-refractivity contribution is 7.10. The molecule has 1 N–H and O–H groups in total.